The van der Waals surface area contributed by atoms with Crippen LogP contribution in [-0.2, 0) is 10.3 Å². The van der Waals surface area contributed by atoms with Crippen LogP contribution >= 0.6 is 15.9 Å². The Morgan fingerprint density at radius 2 is 1.81 bits per heavy atom. The van der Waals surface area contributed by atoms with Crippen molar-refractivity contribution < 1.29 is 41.4 Å². The summed E-state index contributed by atoms with van der Waals surface area (Å²) in [5.41, 5.74) is -3.75. The number of alkyl halides is 4. The summed E-state index contributed by atoms with van der Waals surface area (Å²) in [6.45, 7) is 0.795. The van der Waals surface area contributed by atoms with Gasteiger partial charge in [-0.15, -0.1) is 0 Å². The van der Waals surface area contributed by atoms with Crippen LogP contribution in [0.1, 0.15) is 23.0 Å². The smallest absolute Gasteiger partial charge is 0.428 e. The molecule has 2 aromatic rings. The van der Waals surface area contributed by atoms with Crippen LogP contribution in [0.2, 0.25) is 0 Å². The number of imide groups is 1. The zero-order valence-electron chi connectivity index (χ0n) is 16.0. The van der Waals surface area contributed by atoms with Crippen molar-refractivity contribution in [2.45, 2.75) is 30.9 Å². The van der Waals surface area contributed by atoms with Gasteiger partial charge in [0.05, 0.1) is 0 Å². The van der Waals surface area contributed by atoms with Gasteiger partial charge in [0.1, 0.15) is 21.7 Å². The summed E-state index contributed by atoms with van der Waals surface area (Å²) in [4.78, 5) is 31.6. The molecular weight excluding hydrogens is 509 g/mol. The standard InChI is InChI=1S/C19H13BrF5N3O4/c1-18(13-10(21)7-8-11(20)26-13)12(22)14(19(23,24)25)32-16(27-18)28(17(30)31)15(29)9-5-3-2-4-6-9/h2-8,12,14H,1H3,(H,30,31)/t12-,14-,18-/m0/s1. The van der Waals surface area contributed by atoms with Crippen LogP contribution in [0.4, 0.5) is 26.7 Å². The van der Waals surface area contributed by atoms with Crippen molar-refractivity contribution in [2.75, 3.05) is 0 Å². The number of rotatable bonds is 2. The maximum absolute atomic E-state index is 15.1. The molecule has 7 nitrogen and oxygen atoms in total. The second kappa shape index (κ2) is 8.45. The average molecular weight is 522 g/mol. The van der Waals surface area contributed by atoms with Crippen LogP contribution in [0.3, 0.4) is 0 Å². The normalized spacial score (nSPS) is 23.2. The molecule has 170 valence electrons. The Hall–Kier alpha value is -3.09. The van der Waals surface area contributed by atoms with Crippen molar-refractivity contribution in [2.24, 2.45) is 4.99 Å². The minimum Gasteiger partial charge on any atom is -0.464 e. The van der Waals surface area contributed by atoms with E-state index in [9.17, 15) is 32.3 Å². The van der Waals surface area contributed by atoms with Gasteiger partial charge in [-0.05, 0) is 47.1 Å². The quantitative estimate of drug-likeness (QED) is 0.457. The maximum Gasteiger partial charge on any atom is 0.428 e. The lowest BCUT2D eigenvalue weighted by atomic mass is 9.87. The van der Waals surface area contributed by atoms with Crippen molar-refractivity contribution >= 4 is 34.0 Å². The SMILES string of the molecule is C[C@]1(c2nc(Br)ccc2F)N=C(N(C(=O)O)C(=O)c2ccccc2)O[C@H](C(F)(F)F)[C@@H]1F. The Morgan fingerprint density at radius 3 is 2.38 bits per heavy atom. The van der Waals surface area contributed by atoms with Crippen LogP contribution in [0, 0.1) is 5.82 Å². The third-order valence-corrected chi connectivity index (χ3v) is 5.03. The molecule has 1 N–H and O–H groups in total. The third kappa shape index (κ3) is 4.29. The van der Waals surface area contributed by atoms with Gasteiger partial charge in [0, 0.05) is 5.56 Å². The molecule has 3 rings (SSSR count). The number of hydrogen-bond donors (Lipinski definition) is 1. The summed E-state index contributed by atoms with van der Waals surface area (Å²) in [6, 6.07) is 7.28. The van der Waals surface area contributed by atoms with Crippen LogP contribution in [0.15, 0.2) is 52.1 Å². The molecular formula is C19H13BrF5N3O4. The molecule has 2 heterocycles. The van der Waals surface area contributed by atoms with Gasteiger partial charge in [0.2, 0.25) is 6.10 Å². The monoisotopic (exact) mass is 521 g/mol. The average Bonchev–Trinajstić information content (AvgIpc) is 2.71. The van der Waals surface area contributed by atoms with Gasteiger partial charge >= 0.3 is 18.3 Å². The zero-order chi connectivity index (χ0) is 23.8. The first kappa shape index (κ1) is 23.6. The van der Waals surface area contributed by atoms with Gasteiger partial charge in [-0.3, -0.25) is 4.79 Å². The van der Waals surface area contributed by atoms with E-state index in [1.165, 1.54) is 30.3 Å². The topological polar surface area (TPSA) is 92.1 Å². The van der Waals surface area contributed by atoms with E-state index in [1.54, 1.807) is 0 Å². The molecule has 1 aliphatic rings. The molecule has 0 unspecified atom stereocenters. The molecule has 13 heteroatoms. The maximum atomic E-state index is 15.1. The predicted molar refractivity (Wildman–Crippen MR) is 103 cm³/mol. The van der Waals surface area contributed by atoms with Gasteiger partial charge in [0.25, 0.3) is 5.91 Å². The number of benzene rings is 1. The van der Waals surface area contributed by atoms with Gasteiger partial charge in [-0.1, -0.05) is 18.2 Å². The molecule has 0 saturated carbocycles. The van der Waals surface area contributed by atoms with E-state index in [2.05, 4.69) is 30.6 Å². The third-order valence-electron chi connectivity index (χ3n) is 4.58. The molecule has 0 aliphatic carbocycles. The van der Waals surface area contributed by atoms with Crippen LogP contribution in [0.25, 0.3) is 0 Å². The summed E-state index contributed by atoms with van der Waals surface area (Å²) in [5.74, 6) is -2.50. The highest BCUT2D eigenvalue weighted by molar-refractivity contribution is 9.10. The number of pyridine rings is 1. The number of halogens is 6. The largest absolute Gasteiger partial charge is 0.464 e. The lowest BCUT2D eigenvalue weighted by Gasteiger charge is -2.40. The van der Waals surface area contributed by atoms with E-state index < -0.39 is 53.5 Å². The Labute approximate surface area is 185 Å². The van der Waals surface area contributed by atoms with Gasteiger partial charge in [0.15, 0.2) is 6.17 Å². The molecule has 0 fully saturated rings. The van der Waals surface area contributed by atoms with E-state index in [-0.39, 0.29) is 15.1 Å². The van der Waals surface area contributed by atoms with Crippen LogP contribution in [0.5, 0.6) is 0 Å². The van der Waals surface area contributed by atoms with Crippen molar-refractivity contribution in [3.8, 4) is 0 Å². The summed E-state index contributed by atoms with van der Waals surface area (Å²) >= 11 is 2.92. The second-order valence-corrected chi connectivity index (χ2v) is 7.59. The fraction of sp³-hybridized carbons (Fsp3) is 0.263. The number of carboxylic acid groups (broad SMARTS) is 1. The number of hydrogen-bond acceptors (Lipinski definition) is 5. The highest BCUT2D eigenvalue weighted by atomic mass is 79.9. The number of carbonyl (C=O) groups is 2. The molecule has 0 bridgehead atoms. The number of ether oxygens (including phenoxy) is 1. The van der Waals surface area contributed by atoms with Gasteiger partial charge < -0.3 is 9.84 Å². The van der Waals surface area contributed by atoms with Crippen LogP contribution in [-0.4, -0.2) is 51.5 Å². The Balaban J connectivity index is 2.22. The highest BCUT2D eigenvalue weighted by Gasteiger charge is 2.60. The number of carbonyl (C=O) groups excluding carboxylic acids is 1. The first-order valence-electron chi connectivity index (χ1n) is 8.78. The molecule has 32 heavy (non-hydrogen) atoms. The fourth-order valence-electron chi connectivity index (χ4n) is 3.01. The molecule has 0 spiro atoms. The number of amidine groups is 1. The Kier molecular flexibility index (Phi) is 6.22. The van der Waals surface area contributed by atoms with Gasteiger partial charge in [-0.2, -0.15) is 18.1 Å². The lowest BCUT2D eigenvalue weighted by Crippen LogP contribution is -2.58. The molecule has 2 amide bonds. The van der Waals surface area contributed by atoms with Crippen LogP contribution < -0.4 is 0 Å². The molecule has 1 aliphatic heterocycles. The van der Waals surface area contributed by atoms with E-state index in [4.69, 9.17) is 0 Å². The minimum atomic E-state index is -5.36. The fourth-order valence-corrected chi connectivity index (χ4v) is 3.32. The van der Waals surface area contributed by atoms with E-state index in [0.717, 1.165) is 19.1 Å². The summed E-state index contributed by atoms with van der Waals surface area (Å²) < 4.78 is 74.9. The number of aliphatic imine (C=N–C) groups is 1. The molecule has 0 radical (unpaired) electrons. The predicted octanol–water partition coefficient (Wildman–Crippen LogP) is 4.67. The summed E-state index contributed by atoms with van der Waals surface area (Å²) in [5, 5.41) is 9.52. The van der Waals surface area contributed by atoms with Gasteiger partial charge in [-0.25, -0.2) is 23.6 Å². The number of nitrogens with zero attached hydrogens (tertiary/aromatic N) is 3. The molecule has 3 atom stereocenters. The first-order valence-corrected chi connectivity index (χ1v) is 9.58. The summed E-state index contributed by atoms with van der Waals surface area (Å²) in [7, 11) is 0. The van der Waals surface area contributed by atoms with Crippen molar-refractivity contribution in [3.05, 3.63) is 64.1 Å². The van der Waals surface area contributed by atoms with Crippen molar-refractivity contribution in [3.63, 3.8) is 0 Å². The van der Waals surface area contributed by atoms with Crippen molar-refractivity contribution in [1.82, 2.24) is 9.88 Å². The lowest BCUT2D eigenvalue weighted by molar-refractivity contribution is -0.229. The molecule has 0 saturated heterocycles. The number of amides is 2. The van der Waals surface area contributed by atoms with Crippen molar-refractivity contribution in [1.29, 1.82) is 0 Å². The Bertz CT molecular complexity index is 1080. The molecule has 1 aromatic heterocycles. The Morgan fingerprint density at radius 1 is 1.19 bits per heavy atom. The first-order chi connectivity index (χ1) is 14.9. The highest BCUT2D eigenvalue weighted by Crippen LogP contribution is 2.43. The summed E-state index contributed by atoms with van der Waals surface area (Å²) in [6.07, 6.45) is -13.7. The van der Waals surface area contributed by atoms with E-state index in [1.807, 2.05) is 0 Å². The van der Waals surface area contributed by atoms with E-state index in [0.29, 0.717) is 0 Å². The zero-order valence-corrected chi connectivity index (χ0v) is 17.6. The van der Waals surface area contributed by atoms with E-state index >= 15 is 4.39 Å². The second-order valence-electron chi connectivity index (χ2n) is 6.78. The molecule has 1 aromatic carbocycles. The minimum absolute atomic E-state index is 0.0374. The number of aromatic nitrogens is 1.